The second-order valence-electron chi connectivity index (χ2n) is 3.74. The highest BCUT2D eigenvalue weighted by molar-refractivity contribution is 5.85. The maximum absolute atomic E-state index is 11.5. The molecule has 2 atom stereocenters. The Balaban J connectivity index is 0.00000256. The van der Waals surface area contributed by atoms with Gasteiger partial charge in [-0.25, -0.2) is 4.79 Å². The third-order valence-electron chi connectivity index (χ3n) is 2.36. The monoisotopic (exact) mass is 266 g/mol. The summed E-state index contributed by atoms with van der Waals surface area (Å²) in [6, 6.07) is -0.583. The van der Waals surface area contributed by atoms with Crippen LogP contribution < -0.4 is 10.6 Å². The zero-order valence-corrected chi connectivity index (χ0v) is 10.8. The number of carbonyl (C=O) groups is 2. The Labute approximate surface area is 107 Å². The summed E-state index contributed by atoms with van der Waals surface area (Å²) in [7, 11) is 1.29. The van der Waals surface area contributed by atoms with Gasteiger partial charge in [-0.1, -0.05) is 0 Å². The number of methoxy groups -OCH3 is 1. The second-order valence-corrected chi connectivity index (χ2v) is 3.74. The number of morpholine rings is 1. The number of ether oxygens (including phenoxy) is 2. The third kappa shape index (κ3) is 5.86. The number of carbonyl (C=O) groups excluding carboxylic acids is 2. The molecule has 0 aromatic heterocycles. The van der Waals surface area contributed by atoms with Gasteiger partial charge in [0.25, 0.3) is 0 Å². The summed E-state index contributed by atoms with van der Waals surface area (Å²) in [6.45, 7) is 3.55. The van der Waals surface area contributed by atoms with Gasteiger partial charge in [0.2, 0.25) is 5.91 Å². The minimum Gasteiger partial charge on any atom is -0.467 e. The van der Waals surface area contributed by atoms with E-state index >= 15 is 0 Å². The molecule has 7 heteroatoms. The lowest BCUT2D eigenvalue weighted by Gasteiger charge is -2.23. The van der Waals surface area contributed by atoms with Crippen LogP contribution in [-0.2, 0) is 19.1 Å². The van der Waals surface area contributed by atoms with Crippen molar-refractivity contribution in [1.29, 1.82) is 0 Å². The van der Waals surface area contributed by atoms with E-state index in [9.17, 15) is 9.59 Å². The van der Waals surface area contributed by atoms with Gasteiger partial charge < -0.3 is 20.1 Å². The number of esters is 1. The molecular formula is C10H19ClN2O4. The van der Waals surface area contributed by atoms with Crippen LogP contribution in [0.1, 0.15) is 13.3 Å². The smallest absolute Gasteiger partial charge is 0.328 e. The predicted octanol–water partition coefficient (Wildman–Crippen LogP) is -0.536. The van der Waals surface area contributed by atoms with E-state index in [0.29, 0.717) is 19.6 Å². The fourth-order valence-electron chi connectivity index (χ4n) is 1.51. The van der Waals surface area contributed by atoms with E-state index in [0.717, 1.165) is 6.54 Å². The number of halogens is 1. The molecule has 1 aliphatic rings. The van der Waals surface area contributed by atoms with Crippen LogP contribution in [0.15, 0.2) is 0 Å². The first-order chi connectivity index (χ1) is 7.63. The standard InChI is InChI=1S/C10H18N2O4.ClH/c1-7(10(14)15-2)12-9(13)5-8-6-16-4-3-11-8;/h7-8,11H,3-6H2,1-2H3,(H,12,13);1H. The van der Waals surface area contributed by atoms with Crippen molar-refractivity contribution in [1.82, 2.24) is 10.6 Å². The van der Waals surface area contributed by atoms with Crippen LogP contribution in [0.25, 0.3) is 0 Å². The van der Waals surface area contributed by atoms with Crippen LogP contribution in [0.3, 0.4) is 0 Å². The molecule has 1 amide bonds. The normalized spacial score (nSPS) is 20.9. The van der Waals surface area contributed by atoms with E-state index in [1.807, 2.05) is 0 Å². The van der Waals surface area contributed by atoms with Crippen LogP contribution in [-0.4, -0.2) is 50.8 Å². The molecule has 0 bridgehead atoms. The molecule has 6 nitrogen and oxygen atoms in total. The summed E-state index contributed by atoms with van der Waals surface area (Å²) in [5.74, 6) is -0.623. The van der Waals surface area contributed by atoms with E-state index in [-0.39, 0.29) is 24.4 Å². The first-order valence-electron chi connectivity index (χ1n) is 5.31. The third-order valence-corrected chi connectivity index (χ3v) is 2.36. The maximum atomic E-state index is 11.5. The Hall–Kier alpha value is -0.850. The average Bonchev–Trinajstić information content (AvgIpc) is 2.29. The minimum absolute atomic E-state index is 0. The highest BCUT2D eigenvalue weighted by Crippen LogP contribution is 1.99. The van der Waals surface area contributed by atoms with E-state index in [1.165, 1.54) is 7.11 Å². The van der Waals surface area contributed by atoms with Gasteiger partial charge in [-0.3, -0.25) is 4.79 Å². The number of hydrogen-bond acceptors (Lipinski definition) is 5. The Bertz CT molecular complexity index is 257. The van der Waals surface area contributed by atoms with Crippen molar-refractivity contribution in [3.05, 3.63) is 0 Å². The zero-order valence-electron chi connectivity index (χ0n) is 10.0. The zero-order chi connectivity index (χ0) is 12.0. The number of amides is 1. The number of hydrogen-bond donors (Lipinski definition) is 2. The fourth-order valence-corrected chi connectivity index (χ4v) is 1.51. The molecule has 2 N–H and O–H groups in total. The van der Waals surface area contributed by atoms with Gasteiger partial charge in [0.1, 0.15) is 6.04 Å². The Kier molecular flexibility index (Phi) is 7.86. The van der Waals surface area contributed by atoms with Gasteiger partial charge in [0.05, 0.1) is 20.3 Å². The second kappa shape index (κ2) is 8.27. The maximum Gasteiger partial charge on any atom is 0.328 e. The molecule has 0 saturated carbocycles. The Morgan fingerprint density at radius 2 is 2.29 bits per heavy atom. The lowest BCUT2D eigenvalue weighted by atomic mass is 10.2. The van der Waals surface area contributed by atoms with E-state index < -0.39 is 12.0 Å². The largest absolute Gasteiger partial charge is 0.467 e. The topological polar surface area (TPSA) is 76.7 Å². The highest BCUT2D eigenvalue weighted by Gasteiger charge is 2.20. The summed E-state index contributed by atoms with van der Waals surface area (Å²) < 4.78 is 9.73. The van der Waals surface area contributed by atoms with Gasteiger partial charge >= 0.3 is 5.97 Å². The van der Waals surface area contributed by atoms with Crippen LogP contribution in [0.4, 0.5) is 0 Å². The summed E-state index contributed by atoms with van der Waals surface area (Å²) in [6.07, 6.45) is 0.307. The Morgan fingerprint density at radius 3 is 2.82 bits per heavy atom. The average molecular weight is 267 g/mol. The van der Waals surface area contributed by atoms with Crippen molar-refractivity contribution in [2.45, 2.75) is 25.4 Å². The summed E-state index contributed by atoms with van der Waals surface area (Å²) >= 11 is 0. The molecule has 0 aliphatic carbocycles. The fraction of sp³-hybridized carbons (Fsp3) is 0.800. The van der Waals surface area contributed by atoms with Crippen molar-refractivity contribution in [3.8, 4) is 0 Å². The molecule has 17 heavy (non-hydrogen) atoms. The van der Waals surface area contributed by atoms with E-state index in [4.69, 9.17) is 4.74 Å². The quantitative estimate of drug-likeness (QED) is 0.669. The lowest BCUT2D eigenvalue weighted by molar-refractivity contribution is -0.144. The van der Waals surface area contributed by atoms with Gasteiger partial charge in [0.15, 0.2) is 0 Å². The molecule has 1 aliphatic heterocycles. The number of rotatable bonds is 4. The predicted molar refractivity (Wildman–Crippen MR) is 64.1 cm³/mol. The minimum atomic E-state index is -0.609. The molecule has 0 aromatic rings. The molecule has 1 rings (SSSR count). The SMILES string of the molecule is COC(=O)C(C)NC(=O)CC1COCCN1.Cl. The van der Waals surface area contributed by atoms with Gasteiger partial charge in [0, 0.05) is 19.0 Å². The number of nitrogens with one attached hydrogen (secondary N) is 2. The molecule has 1 heterocycles. The van der Waals surface area contributed by atoms with Gasteiger partial charge in [-0.2, -0.15) is 0 Å². The van der Waals surface area contributed by atoms with Crippen molar-refractivity contribution in [2.75, 3.05) is 26.9 Å². The van der Waals surface area contributed by atoms with Crippen molar-refractivity contribution in [2.24, 2.45) is 0 Å². The first kappa shape index (κ1) is 16.1. The molecular weight excluding hydrogens is 248 g/mol. The van der Waals surface area contributed by atoms with Crippen molar-refractivity contribution in [3.63, 3.8) is 0 Å². The first-order valence-corrected chi connectivity index (χ1v) is 5.31. The Morgan fingerprint density at radius 1 is 1.59 bits per heavy atom. The van der Waals surface area contributed by atoms with E-state index in [2.05, 4.69) is 15.4 Å². The molecule has 1 fully saturated rings. The highest BCUT2D eigenvalue weighted by atomic mass is 35.5. The lowest BCUT2D eigenvalue weighted by Crippen LogP contribution is -2.46. The van der Waals surface area contributed by atoms with Crippen LogP contribution in [0.2, 0.25) is 0 Å². The molecule has 100 valence electrons. The van der Waals surface area contributed by atoms with Gasteiger partial charge in [-0.15, -0.1) is 12.4 Å². The van der Waals surface area contributed by atoms with Crippen LogP contribution >= 0.6 is 12.4 Å². The van der Waals surface area contributed by atoms with Crippen LogP contribution in [0.5, 0.6) is 0 Å². The van der Waals surface area contributed by atoms with E-state index in [1.54, 1.807) is 6.92 Å². The molecule has 2 unspecified atom stereocenters. The van der Waals surface area contributed by atoms with Gasteiger partial charge in [-0.05, 0) is 6.92 Å². The summed E-state index contributed by atoms with van der Waals surface area (Å²) in [4.78, 5) is 22.6. The van der Waals surface area contributed by atoms with Crippen molar-refractivity contribution >= 4 is 24.3 Å². The van der Waals surface area contributed by atoms with Crippen molar-refractivity contribution < 1.29 is 19.1 Å². The molecule has 0 aromatic carbocycles. The molecule has 0 radical (unpaired) electrons. The summed E-state index contributed by atoms with van der Waals surface area (Å²) in [5, 5.41) is 5.73. The molecule has 1 saturated heterocycles. The summed E-state index contributed by atoms with van der Waals surface area (Å²) in [5.41, 5.74) is 0. The van der Waals surface area contributed by atoms with Crippen LogP contribution in [0, 0.1) is 0 Å². The molecule has 0 spiro atoms.